The van der Waals surface area contributed by atoms with Crippen LogP contribution in [0.15, 0.2) is 42.5 Å². The van der Waals surface area contributed by atoms with Crippen LogP contribution in [0.3, 0.4) is 0 Å². The molecule has 0 heterocycles. The number of carbonyl (C=O) groups excluding carboxylic acids is 3. The molecule has 0 atom stereocenters. The Kier molecular flexibility index (Phi) is 31.0. The SMILES string of the molecule is CCCCCCCCCCCCCCCCCC(=O)OCC(COC(=O)CCCCCCCCCCCCCCCCC)OC(=O)c1cccc2ccccc12. The van der Waals surface area contributed by atoms with E-state index in [1.807, 2.05) is 36.4 Å². The minimum atomic E-state index is -0.878. The molecule has 0 aliphatic carbocycles. The first kappa shape index (κ1) is 49.3. The van der Waals surface area contributed by atoms with Crippen molar-refractivity contribution in [1.82, 2.24) is 0 Å². The van der Waals surface area contributed by atoms with Gasteiger partial charge in [0.2, 0.25) is 0 Å². The smallest absolute Gasteiger partial charge is 0.339 e. The Labute approximate surface area is 343 Å². The molecule has 0 saturated carbocycles. The summed E-state index contributed by atoms with van der Waals surface area (Å²) in [6.45, 7) is 4.26. The molecule has 2 rings (SSSR count). The largest absolute Gasteiger partial charge is 0.462 e. The molecule has 6 heteroatoms. The Morgan fingerprint density at radius 2 is 0.768 bits per heavy atom. The third-order valence-corrected chi connectivity index (χ3v) is 11.1. The van der Waals surface area contributed by atoms with Gasteiger partial charge in [0.15, 0.2) is 6.10 Å². The normalized spacial score (nSPS) is 11.3. The summed E-state index contributed by atoms with van der Waals surface area (Å²) in [7, 11) is 0. The van der Waals surface area contributed by atoms with Gasteiger partial charge in [-0.25, -0.2) is 4.79 Å². The predicted octanol–water partition coefficient (Wildman–Crippen LogP) is 15.0. The van der Waals surface area contributed by atoms with Gasteiger partial charge in [-0.1, -0.05) is 230 Å². The zero-order chi connectivity index (χ0) is 40.2. The number of fused-ring (bicyclic) bond motifs is 1. The van der Waals surface area contributed by atoms with Gasteiger partial charge in [0.1, 0.15) is 13.2 Å². The molecule has 0 fully saturated rings. The second-order valence-corrected chi connectivity index (χ2v) is 16.3. The van der Waals surface area contributed by atoms with Gasteiger partial charge >= 0.3 is 17.9 Å². The number of hydrogen-bond acceptors (Lipinski definition) is 6. The molecule has 0 unspecified atom stereocenters. The molecular formula is C50H82O6. The molecule has 56 heavy (non-hydrogen) atoms. The molecule has 318 valence electrons. The average molecular weight is 779 g/mol. The monoisotopic (exact) mass is 779 g/mol. The highest BCUT2D eigenvalue weighted by atomic mass is 16.6. The lowest BCUT2D eigenvalue weighted by Crippen LogP contribution is -2.31. The van der Waals surface area contributed by atoms with Crippen LogP contribution in [0.1, 0.15) is 230 Å². The molecule has 2 aromatic carbocycles. The van der Waals surface area contributed by atoms with Gasteiger partial charge in [-0.2, -0.15) is 0 Å². The van der Waals surface area contributed by atoms with E-state index in [1.165, 1.54) is 154 Å². The van der Waals surface area contributed by atoms with E-state index < -0.39 is 12.1 Å². The van der Waals surface area contributed by atoms with Gasteiger partial charge in [0, 0.05) is 12.8 Å². The first-order valence-electron chi connectivity index (χ1n) is 23.5. The number of hydrogen-bond donors (Lipinski definition) is 0. The summed E-state index contributed by atoms with van der Waals surface area (Å²) >= 11 is 0. The first-order valence-corrected chi connectivity index (χ1v) is 23.5. The highest BCUT2D eigenvalue weighted by Crippen LogP contribution is 2.21. The summed E-state index contributed by atoms with van der Waals surface area (Å²) < 4.78 is 16.9. The van der Waals surface area contributed by atoms with Crippen molar-refractivity contribution in [2.24, 2.45) is 0 Å². The van der Waals surface area contributed by atoms with Crippen LogP contribution in [0, 0.1) is 0 Å². The Bertz CT molecular complexity index is 1200. The van der Waals surface area contributed by atoms with Gasteiger partial charge in [-0.15, -0.1) is 0 Å². The van der Waals surface area contributed by atoms with Crippen molar-refractivity contribution in [3.63, 3.8) is 0 Å². The van der Waals surface area contributed by atoms with E-state index in [2.05, 4.69) is 13.8 Å². The van der Waals surface area contributed by atoms with Crippen molar-refractivity contribution < 1.29 is 28.6 Å². The molecule has 2 aromatic rings. The Morgan fingerprint density at radius 3 is 1.16 bits per heavy atom. The maximum Gasteiger partial charge on any atom is 0.339 e. The number of carbonyl (C=O) groups is 3. The van der Waals surface area contributed by atoms with E-state index in [-0.39, 0.29) is 25.2 Å². The number of unbranched alkanes of at least 4 members (excludes halogenated alkanes) is 28. The van der Waals surface area contributed by atoms with Crippen molar-refractivity contribution in [2.75, 3.05) is 13.2 Å². The van der Waals surface area contributed by atoms with E-state index in [0.717, 1.165) is 49.3 Å². The topological polar surface area (TPSA) is 78.9 Å². The summed E-state index contributed by atoms with van der Waals surface area (Å²) in [5, 5.41) is 1.72. The van der Waals surface area contributed by atoms with E-state index >= 15 is 0 Å². The molecule has 0 saturated heterocycles. The summed E-state index contributed by atoms with van der Waals surface area (Å²) in [6, 6.07) is 13.1. The van der Waals surface area contributed by atoms with E-state index in [0.29, 0.717) is 18.4 Å². The van der Waals surface area contributed by atoms with Crippen molar-refractivity contribution in [3.05, 3.63) is 48.0 Å². The lowest BCUT2D eigenvalue weighted by molar-refractivity contribution is -0.152. The van der Waals surface area contributed by atoms with Crippen molar-refractivity contribution in [2.45, 2.75) is 225 Å². The van der Waals surface area contributed by atoms with Crippen LogP contribution in [0.25, 0.3) is 10.8 Å². The Balaban J connectivity index is 1.63. The van der Waals surface area contributed by atoms with Crippen LogP contribution in [-0.2, 0) is 23.8 Å². The second-order valence-electron chi connectivity index (χ2n) is 16.3. The Morgan fingerprint density at radius 1 is 0.429 bits per heavy atom. The molecule has 0 spiro atoms. The van der Waals surface area contributed by atoms with Crippen molar-refractivity contribution in [3.8, 4) is 0 Å². The van der Waals surface area contributed by atoms with Crippen LogP contribution in [0.5, 0.6) is 0 Å². The quantitative estimate of drug-likeness (QED) is 0.0384. The van der Waals surface area contributed by atoms with Crippen LogP contribution >= 0.6 is 0 Å². The van der Waals surface area contributed by atoms with Gasteiger partial charge in [0.05, 0.1) is 5.56 Å². The van der Waals surface area contributed by atoms with Crippen molar-refractivity contribution in [1.29, 1.82) is 0 Å². The summed E-state index contributed by atoms with van der Waals surface area (Å²) in [5.74, 6) is -1.14. The molecule has 0 aromatic heterocycles. The molecule has 0 aliphatic heterocycles. The van der Waals surface area contributed by atoms with Gasteiger partial charge in [-0.05, 0) is 29.7 Å². The third kappa shape index (κ3) is 26.1. The minimum Gasteiger partial charge on any atom is -0.462 e. The molecule has 0 N–H and O–H groups in total. The highest BCUT2D eigenvalue weighted by molar-refractivity contribution is 6.04. The van der Waals surface area contributed by atoms with Crippen molar-refractivity contribution >= 4 is 28.7 Å². The molecule has 0 radical (unpaired) electrons. The maximum atomic E-state index is 13.3. The van der Waals surface area contributed by atoms with Crippen LogP contribution in [-0.4, -0.2) is 37.2 Å². The molecular weight excluding hydrogens is 697 g/mol. The molecule has 6 nitrogen and oxygen atoms in total. The lowest BCUT2D eigenvalue weighted by Gasteiger charge is -2.19. The molecule has 0 aliphatic rings. The minimum absolute atomic E-state index is 0.139. The number of ether oxygens (including phenoxy) is 3. The van der Waals surface area contributed by atoms with Gasteiger partial charge in [0.25, 0.3) is 0 Å². The van der Waals surface area contributed by atoms with E-state index in [9.17, 15) is 14.4 Å². The first-order chi connectivity index (χ1) is 27.5. The summed E-state index contributed by atoms with van der Waals surface area (Å²) in [6.07, 6.45) is 37.9. The van der Waals surface area contributed by atoms with E-state index in [1.54, 1.807) is 6.07 Å². The zero-order valence-corrected chi connectivity index (χ0v) is 36.1. The number of benzene rings is 2. The fourth-order valence-electron chi connectivity index (χ4n) is 7.53. The predicted molar refractivity (Wildman–Crippen MR) is 234 cm³/mol. The molecule has 0 amide bonds. The van der Waals surface area contributed by atoms with Crippen LogP contribution < -0.4 is 0 Å². The average Bonchev–Trinajstić information content (AvgIpc) is 3.21. The fraction of sp³-hybridized carbons (Fsp3) is 0.740. The number of rotatable bonds is 38. The van der Waals surface area contributed by atoms with Crippen LogP contribution in [0.4, 0.5) is 0 Å². The third-order valence-electron chi connectivity index (χ3n) is 11.1. The van der Waals surface area contributed by atoms with Crippen LogP contribution in [0.2, 0.25) is 0 Å². The number of esters is 3. The Hall–Kier alpha value is -2.89. The lowest BCUT2D eigenvalue weighted by atomic mass is 10.0. The fourth-order valence-corrected chi connectivity index (χ4v) is 7.53. The standard InChI is InChI=1S/C50H82O6/c1-3-5-7-9-11-13-15-17-19-21-23-25-27-29-31-40-48(51)54-42-45(56-50(53)47-39-35-37-44-36-33-34-38-46(44)47)43-55-49(52)41-32-30-28-26-24-22-20-18-16-14-12-10-8-6-4-2/h33-39,45H,3-32,40-43H2,1-2H3. The van der Waals surface area contributed by atoms with Gasteiger partial charge in [-0.3, -0.25) is 9.59 Å². The molecule has 0 bridgehead atoms. The zero-order valence-electron chi connectivity index (χ0n) is 36.1. The summed E-state index contributed by atoms with van der Waals surface area (Å²) in [5.41, 5.74) is 0.432. The summed E-state index contributed by atoms with van der Waals surface area (Å²) in [4.78, 5) is 38.6. The van der Waals surface area contributed by atoms with E-state index in [4.69, 9.17) is 14.2 Å². The maximum absolute atomic E-state index is 13.3. The van der Waals surface area contributed by atoms with Gasteiger partial charge < -0.3 is 14.2 Å². The second kappa shape index (κ2) is 35.3. The highest BCUT2D eigenvalue weighted by Gasteiger charge is 2.22.